The molecule has 2 amide bonds. The third-order valence-electron chi connectivity index (χ3n) is 4.55. The van der Waals surface area contributed by atoms with E-state index in [0.717, 1.165) is 19.3 Å². The summed E-state index contributed by atoms with van der Waals surface area (Å²) in [6.45, 7) is 3.15. The molecule has 0 radical (unpaired) electrons. The summed E-state index contributed by atoms with van der Waals surface area (Å²) in [5, 5.41) is 0. The van der Waals surface area contributed by atoms with Gasteiger partial charge in [0.05, 0.1) is 4.90 Å². The molecule has 1 aromatic rings. The van der Waals surface area contributed by atoms with E-state index in [1.54, 1.807) is 21.9 Å². The second-order valence-corrected chi connectivity index (χ2v) is 8.01. The number of nitrogens with zero attached hydrogens (tertiary/aromatic N) is 3. The summed E-state index contributed by atoms with van der Waals surface area (Å²) in [4.78, 5) is 26.7. The van der Waals surface area contributed by atoms with Crippen LogP contribution in [0.25, 0.3) is 0 Å². The Labute approximate surface area is 141 Å². The lowest BCUT2D eigenvalue weighted by Gasteiger charge is -2.32. The molecule has 0 bridgehead atoms. The number of amides is 2. The van der Waals surface area contributed by atoms with Gasteiger partial charge < -0.3 is 9.80 Å². The topological polar surface area (TPSA) is 78.0 Å². The number of carbonyl (C=O) groups is 2. The first kappa shape index (κ1) is 16.9. The van der Waals surface area contributed by atoms with Gasteiger partial charge in [0.25, 0.3) is 5.91 Å². The van der Waals surface area contributed by atoms with E-state index >= 15 is 0 Å². The van der Waals surface area contributed by atoms with Crippen LogP contribution in [0.2, 0.25) is 0 Å². The quantitative estimate of drug-likeness (QED) is 0.735. The molecule has 130 valence electrons. The zero-order valence-corrected chi connectivity index (χ0v) is 14.2. The summed E-state index contributed by atoms with van der Waals surface area (Å²) in [5.74, 6) is -0.134. The molecule has 0 unspecified atom stereocenters. The molecular formula is C16H21N3O4S. The summed E-state index contributed by atoms with van der Waals surface area (Å²) in [7, 11) is -3.45. The van der Waals surface area contributed by atoms with E-state index < -0.39 is 10.0 Å². The number of piperazine rings is 1. The highest BCUT2D eigenvalue weighted by molar-refractivity contribution is 7.89. The highest BCUT2D eigenvalue weighted by Gasteiger charge is 2.27. The number of rotatable bonds is 4. The molecule has 2 fully saturated rings. The molecule has 3 rings (SSSR count). The predicted octanol–water partition coefficient (Wildman–Crippen LogP) is 0.385. The van der Waals surface area contributed by atoms with Crippen molar-refractivity contribution in [3.8, 4) is 0 Å². The Morgan fingerprint density at radius 2 is 1.50 bits per heavy atom. The van der Waals surface area contributed by atoms with Crippen molar-refractivity contribution in [2.45, 2.75) is 17.7 Å². The van der Waals surface area contributed by atoms with E-state index in [9.17, 15) is 18.0 Å². The fourth-order valence-corrected chi connectivity index (χ4v) is 4.58. The predicted molar refractivity (Wildman–Crippen MR) is 88.0 cm³/mol. The lowest BCUT2D eigenvalue weighted by molar-refractivity contribution is -0.119. The molecule has 24 heavy (non-hydrogen) atoms. The SMILES string of the molecule is O=CN1CCN(C(=O)c2ccc(S(=O)(=O)N3CCCC3)cc2)CC1. The van der Waals surface area contributed by atoms with E-state index in [4.69, 9.17) is 0 Å². The van der Waals surface area contributed by atoms with Crippen molar-refractivity contribution in [1.29, 1.82) is 0 Å². The summed E-state index contributed by atoms with van der Waals surface area (Å²) >= 11 is 0. The maximum atomic E-state index is 12.5. The maximum absolute atomic E-state index is 12.5. The lowest BCUT2D eigenvalue weighted by Crippen LogP contribution is -2.48. The first-order chi connectivity index (χ1) is 11.5. The van der Waals surface area contributed by atoms with E-state index in [1.165, 1.54) is 16.4 Å². The van der Waals surface area contributed by atoms with Crippen LogP contribution < -0.4 is 0 Å². The fourth-order valence-electron chi connectivity index (χ4n) is 3.06. The number of hydrogen-bond donors (Lipinski definition) is 0. The molecule has 0 aliphatic carbocycles. The van der Waals surface area contributed by atoms with Gasteiger partial charge in [-0.05, 0) is 37.1 Å². The van der Waals surface area contributed by atoms with Crippen LogP contribution in [0.5, 0.6) is 0 Å². The zero-order valence-electron chi connectivity index (χ0n) is 13.4. The Morgan fingerprint density at radius 3 is 2.04 bits per heavy atom. The van der Waals surface area contributed by atoms with Crippen molar-refractivity contribution >= 4 is 22.3 Å². The van der Waals surface area contributed by atoms with E-state index in [1.807, 2.05) is 0 Å². The first-order valence-corrected chi connectivity index (χ1v) is 9.55. The van der Waals surface area contributed by atoms with Crippen molar-refractivity contribution in [2.24, 2.45) is 0 Å². The third-order valence-corrected chi connectivity index (χ3v) is 6.47. The molecule has 7 nitrogen and oxygen atoms in total. The fraction of sp³-hybridized carbons (Fsp3) is 0.500. The van der Waals surface area contributed by atoms with Crippen LogP contribution in [0.4, 0.5) is 0 Å². The smallest absolute Gasteiger partial charge is 0.253 e. The van der Waals surface area contributed by atoms with Crippen molar-refractivity contribution in [3.63, 3.8) is 0 Å². The highest BCUT2D eigenvalue weighted by Crippen LogP contribution is 2.21. The molecule has 0 saturated carbocycles. The van der Waals surface area contributed by atoms with Gasteiger partial charge in [-0.3, -0.25) is 9.59 Å². The van der Waals surface area contributed by atoms with Gasteiger partial charge in [0.15, 0.2) is 0 Å². The maximum Gasteiger partial charge on any atom is 0.253 e. The summed E-state index contributed by atoms with van der Waals surface area (Å²) < 4.78 is 26.4. The second kappa shape index (κ2) is 6.90. The minimum absolute atomic E-state index is 0.134. The van der Waals surface area contributed by atoms with Gasteiger partial charge in [0.1, 0.15) is 0 Å². The normalized spacial score (nSPS) is 19.5. The molecule has 0 spiro atoms. The largest absolute Gasteiger partial charge is 0.342 e. The van der Waals surface area contributed by atoms with Crippen molar-refractivity contribution in [1.82, 2.24) is 14.1 Å². The Morgan fingerprint density at radius 1 is 0.917 bits per heavy atom. The van der Waals surface area contributed by atoms with Crippen LogP contribution in [-0.4, -0.2) is 74.1 Å². The molecule has 1 aromatic carbocycles. The second-order valence-electron chi connectivity index (χ2n) is 6.07. The van der Waals surface area contributed by atoms with Crippen LogP contribution in [0.1, 0.15) is 23.2 Å². The van der Waals surface area contributed by atoms with Gasteiger partial charge in [-0.25, -0.2) is 8.42 Å². The van der Waals surface area contributed by atoms with Crippen LogP contribution in [0.15, 0.2) is 29.2 Å². The van der Waals surface area contributed by atoms with Crippen molar-refractivity contribution < 1.29 is 18.0 Å². The third kappa shape index (κ3) is 3.29. The average molecular weight is 351 g/mol. The average Bonchev–Trinajstić information content (AvgIpc) is 3.17. The summed E-state index contributed by atoms with van der Waals surface area (Å²) in [5.41, 5.74) is 0.468. The van der Waals surface area contributed by atoms with Crippen LogP contribution >= 0.6 is 0 Å². The van der Waals surface area contributed by atoms with E-state index in [-0.39, 0.29) is 10.8 Å². The van der Waals surface area contributed by atoms with Gasteiger partial charge in [0.2, 0.25) is 16.4 Å². The molecule has 0 N–H and O–H groups in total. The number of hydrogen-bond acceptors (Lipinski definition) is 4. The molecule has 0 aromatic heterocycles. The van der Waals surface area contributed by atoms with Gasteiger partial charge in [0, 0.05) is 44.8 Å². The minimum atomic E-state index is -3.45. The molecular weight excluding hydrogens is 330 g/mol. The van der Waals surface area contributed by atoms with E-state index in [0.29, 0.717) is 44.8 Å². The van der Waals surface area contributed by atoms with Gasteiger partial charge in [-0.1, -0.05) is 0 Å². The standard InChI is InChI=1S/C16H21N3O4S/c20-13-17-9-11-18(12-10-17)16(21)14-3-5-15(6-4-14)24(22,23)19-7-1-2-8-19/h3-6,13H,1-2,7-12H2. The Hall–Kier alpha value is -1.93. The molecule has 2 aliphatic heterocycles. The highest BCUT2D eigenvalue weighted by atomic mass is 32.2. The summed E-state index contributed by atoms with van der Waals surface area (Å²) in [6.07, 6.45) is 2.57. The Balaban J connectivity index is 1.70. The lowest BCUT2D eigenvalue weighted by atomic mass is 10.2. The van der Waals surface area contributed by atoms with Crippen molar-refractivity contribution in [3.05, 3.63) is 29.8 Å². The van der Waals surface area contributed by atoms with Crippen LogP contribution in [0.3, 0.4) is 0 Å². The Bertz CT molecular complexity index is 703. The molecule has 2 aliphatic rings. The van der Waals surface area contributed by atoms with E-state index in [2.05, 4.69) is 0 Å². The molecule has 8 heteroatoms. The van der Waals surface area contributed by atoms with Gasteiger partial charge >= 0.3 is 0 Å². The number of benzene rings is 1. The molecule has 2 saturated heterocycles. The first-order valence-electron chi connectivity index (χ1n) is 8.11. The number of sulfonamides is 1. The van der Waals surface area contributed by atoms with Gasteiger partial charge in [-0.15, -0.1) is 0 Å². The number of carbonyl (C=O) groups excluding carboxylic acids is 2. The monoisotopic (exact) mass is 351 g/mol. The van der Waals surface area contributed by atoms with Crippen LogP contribution in [-0.2, 0) is 14.8 Å². The zero-order chi connectivity index (χ0) is 17.2. The Kier molecular flexibility index (Phi) is 4.86. The van der Waals surface area contributed by atoms with Crippen LogP contribution in [0, 0.1) is 0 Å². The minimum Gasteiger partial charge on any atom is -0.342 e. The summed E-state index contributed by atoms with van der Waals surface area (Å²) in [6, 6.07) is 6.14. The van der Waals surface area contributed by atoms with Gasteiger partial charge in [-0.2, -0.15) is 4.31 Å². The molecule has 0 atom stereocenters. The van der Waals surface area contributed by atoms with Crippen molar-refractivity contribution in [2.75, 3.05) is 39.3 Å². The molecule has 2 heterocycles.